The molecule has 0 aliphatic carbocycles. The first-order chi connectivity index (χ1) is 8.99. The van der Waals surface area contributed by atoms with Crippen LogP contribution in [0.1, 0.15) is 76.8 Å². The summed E-state index contributed by atoms with van der Waals surface area (Å²) < 4.78 is 0. The third-order valence-corrected chi connectivity index (χ3v) is 3.74. The van der Waals surface area contributed by atoms with Gasteiger partial charge in [-0.15, -0.1) is 0 Å². The van der Waals surface area contributed by atoms with Crippen molar-refractivity contribution in [3.8, 4) is 0 Å². The maximum atomic E-state index is 11.3. The fourth-order valence-electron chi connectivity index (χ4n) is 2.33. The number of carbonyl (C=O) groups excluding carboxylic acids is 1. The first kappa shape index (κ1) is 15.9. The van der Waals surface area contributed by atoms with E-state index in [9.17, 15) is 4.79 Å². The molecule has 1 aromatic rings. The molecule has 1 rings (SSSR count). The molecule has 0 aliphatic rings. The van der Waals surface area contributed by atoms with Crippen LogP contribution in [0.4, 0.5) is 0 Å². The minimum Gasteiger partial charge on any atom is -0.303 e. The first-order valence-electron chi connectivity index (χ1n) is 7.54. The Labute approximate surface area is 118 Å². The molecule has 0 aromatic heterocycles. The SMILES string of the molecule is CCCCCCC(C=O)c1ccc(C(C)(C)C)cc1. The number of aldehydes is 1. The van der Waals surface area contributed by atoms with Crippen LogP contribution in [-0.2, 0) is 10.2 Å². The molecule has 0 saturated heterocycles. The quantitative estimate of drug-likeness (QED) is 0.484. The van der Waals surface area contributed by atoms with Gasteiger partial charge in [0.2, 0.25) is 0 Å². The highest BCUT2D eigenvalue weighted by atomic mass is 16.1. The van der Waals surface area contributed by atoms with Gasteiger partial charge in [-0.25, -0.2) is 0 Å². The highest BCUT2D eigenvalue weighted by Gasteiger charge is 2.15. The summed E-state index contributed by atoms with van der Waals surface area (Å²) >= 11 is 0. The minimum atomic E-state index is 0.0749. The smallest absolute Gasteiger partial charge is 0.127 e. The Morgan fingerprint density at radius 3 is 2.16 bits per heavy atom. The van der Waals surface area contributed by atoms with E-state index in [4.69, 9.17) is 0 Å². The average molecular weight is 260 g/mol. The van der Waals surface area contributed by atoms with Crippen molar-refractivity contribution in [1.29, 1.82) is 0 Å². The van der Waals surface area contributed by atoms with Gasteiger partial charge in [0, 0.05) is 5.92 Å². The third-order valence-electron chi connectivity index (χ3n) is 3.74. The van der Waals surface area contributed by atoms with Crippen molar-refractivity contribution in [2.45, 2.75) is 71.1 Å². The summed E-state index contributed by atoms with van der Waals surface area (Å²) in [5, 5.41) is 0. The Balaban J connectivity index is 2.64. The van der Waals surface area contributed by atoms with Crippen molar-refractivity contribution in [3.63, 3.8) is 0 Å². The van der Waals surface area contributed by atoms with Crippen LogP contribution in [0.15, 0.2) is 24.3 Å². The number of carbonyl (C=O) groups is 1. The third kappa shape index (κ3) is 5.18. The van der Waals surface area contributed by atoms with Gasteiger partial charge in [-0.05, 0) is 23.0 Å². The second-order valence-electron chi connectivity index (χ2n) is 6.46. The maximum Gasteiger partial charge on any atom is 0.127 e. The van der Waals surface area contributed by atoms with Crippen molar-refractivity contribution in [3.05, 3.63) is 35.4 Å². The zero-order valence-electron chi connectivity index (χ0n) is 12.9. The molecule has 1 nitrogen and oxygen atoms in total. The average Bonchev–Trinajstić information content (AvgIpc) is 2.38. The van der Waals surface area contributed by atoms with Gasteiger partial charge >= 0.3 is 0 Å². The molecule has 1 unspecified atom stereocenters. The Morgan fingerprint density at radius 2 is 1.68 bits per heavy atom. The van der Waals surface area contributed by atoms with Gasteiger partial charge in [0.1, 0.15) is 6.29 Å². The molecular formula is C18H28O. The monoisotopic (exact) mass is 260 g/mol. The molecule has 19 heavy (non-hydrogen) atoms. The van der Waals surface area contributed by atoms with Gasteiger partial charge in [-0.1, -0.05) is 77.6 Å². The second kappa shape index (κ2) is 7.47. The second-order valence-corrected chi connectivity index (χ2v) is 6.46. The predicted octanol–water partition coefficient (Wildman–Crippen LogP) is 5.24. The molecule has 1 aromatic carbocycles. The van der Waals surface area contributed by atoms with Gasteiger partial charge in [0.05, 0.1) is 0 Å². The van der Waals surface area contributed by atoms with E-state index in [0.29, 0.717) is 0 Å². The molecule has 0 radical (unpaired) electrons. The summed E-state index contributed by atoms with van der Waals surface area (Å²) in [6.07, 6.45) is 7.00. The maximum absolute atomic E-state index is 11.3. The molecule has 0 heterocycles. The minimum absolute atomic E-state index is 0.0749. The normalized spacial score (nSPS) is 13.3. The van der Waals surface area contributed by atoms with E-state index in [1.807, 2.05) is 0 Å². The highest BCUT2D eigenvalue weighted by Crippen LogP contribution is 2.26. The molecule has 0 N–H and O–H groups in total. The Bertz CT molecular complexity index is 370. The van der Waals surface area contributed by atoms with Crippen LogP contribution in [0.5, 0.6) is 0 Å². The van der Waals surface area contributed by atoms with Crippen molar-refractivity contribution in [2.75, 3.05) is 0 Å². The number of hydrogen-bond acceptors (Lipinski definition) is 1. The van der Waals surface area contributed by atoms with Gasteiger partial charge in [-0.3, -0.25) is 0 Å². The van der Waals surface area contributed by atoms with Gasteiger partial charge in [0.25, 0.3) is 0 Å². The lowest BCUT2D eigenvalue weighted by atomic mass is 9.85. The summed E-state index contributed by atoms with van der Waals surface area (Å²) in [7, 11) is 0. The van der Waals surface area contributed by atoms with E-state index >= 15 is 0 Å². The van der Waals surface area contributed by atoms with E-state index in [1.54, 1.807) is 0 Å². The summed E-state index contributed by atoms with van der Waals surface area (Å²) in [6, 6.07) is 8.58. The van der Waals surface area contributed by atoms with Gasteiger partial charge in [-0.2, -0.15) is 0 Å². The zero-order chi connectivity index (χ0) is 14.3. The Hall–Kier alpha value is -1.11. The molecular weight excluding hydrogens is 232 g/mol. The van der Waals surface area contributed by atoms with Gasteiger partial charge in [0.15, 0.2) is 0 Å². The molecule has 106 valence electrons. The number of unbranched alkanes of at least 4 members (excludes halogenated alkanes) is 3. The lowest BCUT2D eigenvalue weighted by Crippen LogP contribution is -2.11. The molecule has 0 fully saturated rings. The van der Waals surface area contributed by atoms with Crippen molar-refractivity contribution in [1.82, 2.24) is 0 Å². The Kier molecular flexibility index (Phi) is 6.27. The molecule has 1 atom stereocenters. The summed E-state index contributed by atoms with van der Waals surface area (Å²) in [5.41, 5.74) is 2.67. The van der Waals surface area contributed by atoms with Crippen LogP contribution in [0.2, 0.25) is 0 Å². The fraction of sp³-hybridized carbons (Fsp3) is 0.611. The van der Waals surface area contributed by atoms with Crippen LogP contribution in [0.3, 0.4) is 0 Å². The lowest BCUT2D eigenvalue weighted by Gasteiger charge is -2.20. The zero-order valence-corrected chi connectivity index (χ0v) is 12.9. The molecule has 0 aliphatic heterocycles. The largest absolute Gasteiger partial charge is 0.303 e. The summed E-state index contributed by atoms with van der Waals surface area (Å²) in [6.45, 7) is 8.85. The van der Waals surface area contributed by atoms with E-state index in [0.717, 1.165) is 19.1 Å². The molecule has 0 spiro atoms. The molecule has 1 heteroatoms. The van der Waals surface area contributed by atoms with Crippen LogP contribution in [-0.4, -0.2) is 6.29 Å². The van der Waals surface area contributed by atoms with Crippen molar-refractivity contribution < 1.29 is 4.79 Å². The number of benzene rings is 1. The Morgan fingerprint density at radius 1 is 1.05 bits per heavy atom. The van der Waals surface area contributed by atoms with Crippen molar-refractivity contribution in [2.24, 2.45) is 0 Å². The van der Waals surface area contributed by atoms with E-state index in [-0.39, 0.29) is 11.3 Å². The standard InChI is InChI=1S/C18H28O/c1-5-6-7-8-9-16(14-19)15-10-12-17(13-11-15)18(2,3)4/h10-14,16H,5-9H2,1-4H3. The van der Waals surface area contributed by atoms with Gasteiger partial charge < -0.3 is 4.79 Å². The topological polar surface area (TPSA) is 17.1 Å². The van der Waals surface area contributed by atoms with E-state index in [1.165, 1.54) is 30.4 Å². The summed E-state index contributed by atoms with van der Waals surface area (Å²) in [5.74, 6) is 0.0749. The van der Waals surface area contributed by atoms with Crippen LogP contribution in [0.25, 0.3) is 0 Å². The van der Waals surface area contributed by atoms with Crippen LogP contribution >= 0.6 is 0 Å². The summed E-state index contributed by atoms with van der Waals surface area (Å²) in [4.78, 5) is 11.3. The van der Waals surface area contributed by atoms with E-state index in [2.05, 4.69) is 52.0 Å². The van der Waals surface area contributed by atoms with E-state index < -0.39 is 0 Å². The highest BCUT2D eigenvalue weighted by molar-refractivity contribution is 5.62. The number of hydrogen-bond donors (Lipinski definition) is 0. The predicted molar refractivity (Wildman–Crippen MR) is 82.7 cm³/mol. The molecule has 0 bridgehead atoms. The van der Waals surface area contributed by atoms with Crippen molar-refractivity contribution >= 4 is 6.29 Å². The first-order valence-corrected chi connectivity index (χ1v) is 7.54. The molecule has 0 amide bonds. The fourth-order valence-corrected chi connectivity index (χ4v) is 2.33. The lowest BCUT2D eigenvalue weighted by molar-refractivity contribution is -0.109. The number of rotatable bonds is 7. The van der Waals surface area contributed by atoms with Crippen LogP contribution in [0, 0.1) is 0 Å². The molecule has 0 saturated carbocycles. The van der Waals surface area contributed by atoms with Crippen LogP contribution < -0.4 is 0 Å².